The van der Waals surface area contributed by atoms with Gasteiger partial charge in [-0.05, 0) is 143 Å². The van der Waals surface area contributed by atoms with Crippen molar-refractivity contribution in [2.75, 3.05) is 4.90 Å². The molecular weight excluding hydrogens is 783 g/mol. The Bertz CT molecular complexity index is 3480. The van der Waals surface area contributed by atoms with E-state index in [0.29, 0.717) is 0 Å². The van der Waals surface area contributed by atoms with E-state index in [1.807, 2.05) is 0 Å². The molecule has 3 aliphatic carbocycles. The van der Waals surface area contributed by atoms with Crippen molar-refractivity contribution in [3.63, 3.8) is 0 Å². The molecule has 306 valence electrons. The van der Waals surface area contributed by atoms with E-state index in [2.05, 4.69) is 255 Å². The van der Waals surface area contributed by atoms with Gasteiger partial charge in [0.25, 0.3) is 0 Å². The lowest BCUT2D eigenvalue weighted by Gasteiger charge is -2.32. The summed E-state index contributed by atoms with van der Waals surface area (Å²) in [6, 6.07) is 88.1. The lowest BCUT2D eigenvalue weighted by atomic mass is 9.68. The van der Waals surface area contributed by atoms with Crippen molar-refractivity contribution in [3.05, 3.63) is 270 Å². The molecule has 0 radical (unpaired) electrons. The van der Waals surface area contributed by atoms with Gasteiger partial charge in [0.2, 0.25) is 0 Å². The molecule has 1 nitrogen and oxygen atoms in total. The topological polar surface area (TPSA) is 3.24 Å². The first-order chi connectivity index (χ1) is 32.0. The van der Waals surface area contributed by atoms with Gasteiger partial charge in [-0.2, -0.15) is 0 Å². The summed E-state index contributed by atoms with van der Waals surface area (Å²) in [6.07, 6.45) is 0. The molecule has 1 unspecified atom stereocenters. The van der Waals surface area contributed by atoms with Crippen molar-refractivity contribution in [3.8, 4) is 66.8 Å². The van der Waals surface area contributed by atoms with Crippen LogP contribution in [0.4, 0.5) is 17.1 Å². The van der Waals surface area contributed by atoms with Gasteiger partial charge in [-0.15, -0.1) is 0 Å². The molecule has 0 amide bonds. The lowest BCUT2D eigenvalue weighted by molar-refractivity contribution is 0.660. The fourth-order valence-electron chi connectivity index (χ4n) is 11.8. The van der Waals surface area contributed by atoms with Gasteiger partial charge in [0.05, 0.1) is 5.41 Å². The molecule has 1 heteroatoms. The normalized spacial score (nSPS) is 15.4. The summed E-state index contributed by atoms with van der Waals surface area (Å²) in [6.45, 7) is 4.72. The first kappa shape index (κ1) is 37.5. The molecule has 1 atom stereocenters. The van der Waals surface area contributed by atoms with Crippen LogP contribution in [0.15, 0.2) is 237 Å². The Morgan fingerprint density at radius 1 is 0.262 bits per heavy atom. The van der Waals surface area contributed by atoms with Crippen molar-refractivity contribution in [2.24, 2.45) is 0 Å². The molecule has 0 saturated heterocycles. The van der Waals surface area contributed by atoms with E-state index in [9.17, 15) is 0 Å². The molecule has 0 fully saturated rings. The summed E-state index contributed by atoms with van der Waals surface area (Å²) in [4.78, 5) is 2.42. The summed E-state index contributed by atoms with van der Waals surface area (Å²) in [5, 5.41) is 0. The third-order valence-electron chi connectivity index (χ3n) is 14.7. The third kappa shape index (κ3) is 5.46. The van der Waals surface area contributed by atoms with Gasteiger partial charge in [-0.1, -0.05) is 208 Å². The molecule has 13 rings (SSSR count). The van der Waals surface area contributed by atoms with Crippen LogP contribution in [0.3, 0.4) is 0 Å². The summed E-state index contributed by atoms with van der Waals surface area (Å²) in [7, 11) is 0. The smallest absolute Gasteiger partial charge is 0.0731 e. The van der Waals surface area contributed by atoms with Crippen LogP contribution in [-0.2, 0) is 10.8 Å². The van der Waals surface area contributed by atoms with Gasteiger partial charge in [0, 0.05) is 22.5 Å². The highest BCUT2D eigenvalue weighted by Crippen LogP contribution is 2.65. The minimum absolute atomic E-state index is 0.110. The van der Waals surface area contributed by atoms with E-state index in [1.54, 1.807) is 0 Å². The Balaban J connectivity index is 0.954. The quantitative estimate of drug-likeness (QED) is 0.161. The predicted octanol–water partition coefficient (Wildman–Crippen LogP) is 16.8. The van der Waals surface area contributed by atoms with Crippen LogP contribution in [0, 0.1) is 0 Å². The van der Waals surface area contributed by atoms with Crippen molar-refractivity contribution in [1.29, 1.82) is 0 Å². The van der Waals surface area contributed by atoms with Crippen LogP contribution in [0.1, 0.15) is 47.2 Å². The van der Waals surface area contributed by atoms with E-state index in [4.69, 9.17) is 0 Å². The Kier molecular flexibility index (Phi) is 8.24. The molecule has 3 aliphatic rings. The second kappa shape index (κ2) is 14.3. The van der Waals surface area contributed by atoms with E-state index in [1.165, 1.54) is 100 Å². The van der Waals surface area contributed by atoms with Gasteiger partial charge < -0.3 is 4.90 Å². The van der Waals surface area contributed by atoms with Crippen molar-refractivity contribution in [1.82, 2.24) is 0 Å². The fraction of sp³-hybridized carbons (Fsp3) is 0.0625. The van der Waals surface area contributed by atoms with E-state index in [-0.39, 0.29) is 5.41 Å². The maximum atomic E-state index is 2.50. The molecule has 0 N–H and O–H groups in total. The van der Waals surface area contributed by atoms with Gasteiger partial charge in [0.1, 0.15) is 0 Å². The van der Waals surface area contributed by atoms with Crippen LogP contribution in [0.25, 0.3) is 66.8 Å². The number of hydrogen-bond acceptors (Lipinski definition) is 1. The molecule has 10 aromatic carbocycles. The Labute approximate surface area is 381 Å². The van der Waals surface area contributed by atoms with Crippen molar-refractivity contribution in [2.45, 2.75) is 24.7 Å². The molecular formula is C64H45N. The van der Waals surface area contributed by atoms with Crippen molar-refractivity contribution >= 4 is 17.1 Å². The van der Waals surface area contributed by atoms with Crippen molar-refractivity contribution < 1.29 is 0 Å². The largest absolute Gasteiger partial charge is 0.310 e. The SMILES string of the molecule is CC1(C)c2ccccc2-c2ccc(N(c3ccc(-c4ccccc4)cc3)c3ccc(-c4ccc5c(c4)C4(c6ccccc6-5)c5ccccc5-c5cccc(-c6ccccc6)c54)cc3)cc21. The number of benzene rings is 10. The molecule has 0 bridgehead atoms. The third-order valence-corrected chi connectivity index (χ3v) is 14.7. The maximum absolute atomic E-state index is 2.50. The molecule has 10 aromatic rings. The number of rotatable bonds is 6. The van der Waals surface area contributed by atoms with Crippen LogP contribution >= 0.6 is 0 Å². The van der Waals surface area contributed by atoms with Crippen LogP contribution in [-0.4, -0.2) is 0 Å². The van der Waals surface area contributed by atoms with Crippen LogP contribution in [0.2, 0.25) is 0 Å². The average molecular weight is 828 g/mol. The number of anilines is 3. The molecule has 65 heavy (non-hydrogen) atoms. The van der Waals surface area contributed by atoms with Gasteiger partial charge in [-0.3, -0.25) is 0 Å². The number of nitrogens with zero attached hydrogens (tertiary/aromatic N) is 1. The van der Waals surface area contributed by atoms with Gasteiger partial charge >= 0.3 is 0 Å². The summed E-state index contributed by atoms with van der Waals surface area (Å²) in [5.74, 6) is 0. The Hall–Kier alpha value is -8.00. The fourth-order valence-corrected chi connectivity index (χ4v) is 11.8. The maximum Gasteiger partial charge on any atom is 0.0731 e. The summed E-state index contributed by atoms with van der Waals surface area (Å²) >= 11 is 0. The standard InChI is InChI=1S/C64H45N/c1-63(2)57-25-12-9-20-51(57)54-39-37-49(41-60(54)63)65(47-33-28-43(29-34-47)42-16-5-3-6-17-42)48-35-30-44(31-36-48)46-32-38-55-52-21-10-13-26-58(52)64(61(55)40-46)59-27-14-11-22-53(59)56-24-15-23-50(62(56)64)45-18-7-4-8-19-45/h3-41H,1-2H3. The van der Waals surface area contributed by atoms with E-state index in [0.717, 1.165) is 17.1 Å². The van der Waals surface area contributed by atoms with Gasteiger partial charge in [-0.25, -0.2) is 0 Å². The minimum Gasteiger partial charge on any atom is -0.310 e. The Morgan fingerprint density at radius 3 is 1.32 bits per heavy atom. The number of fused-ring (bicyclic) bond motifs is 13. The zero-order valence-corrected chi connectivity index (χ0v) is 36.5. The summed E-state index contributed by atoms with van der Waals surface area (Å²) in [5.41, 5.74) is 26.2. The Morgan fingerprint density at radius 2 is 0.677 bits per heavy atom. The minimum atomic E-state index is -0.468. The lowest BCUT2D eigenvalue weighted by Crippen LogP contribution is -2.26. The molecule has 0 saturated carbocycles. The zero-order chi connectivity index (χ0) is 43.3. The molecule has 0 aromatic heterocycles. The first-order valence-corrected chi connectivity index (χ1v) is 22.8. The van der Waals surface area contributed by atoms with Crippen LogP contribution in [0.5, 0.6) is 0 Å². The van der Waals surface area contributed by atoms with Gasteiger partial charge in [0.15, 0.2) is 0 Å². The molecule has 1 spiro atoms. The highest BCUT2D eigenvalue weighted by Gasteiger charge is 2.52. The van der Waals surface area contributed by atoms with E-state index >= 15 is 0 Å². The first-order valence-electron chi connectivity index (χ1n) is 22.8. The highest BCUT2D eigenvalue weighted by atomic mass is 15.1. The van der Waals surface area contributed by atoms with E-state index < -0.39 is 5.41 Å². The number of hydrogen-bond donors (Lipinski definition) is 0. The zero-order valence-electron chi connectivity index (χ0n) is 36.5. The monoisotopic (exact) mass is 827 g/mol. The summed E-state index contributed by atoms with van der Waals surface area (Å²) < 4.78 is 0. The molecule has 0 heterocycles. The highest BCUT2D eigenvalue weighted by molar-refractivity contribution is 5.99. The second-order valence-corrected chi connectivity index (χ2v) is 18.4. The average Bonchev–Trinajstić information content (AvgIpc) is 3.93. The predicted molar refractivity (Wildman–Crippen MR) is 271 cm³/mol. The second-order valence-electron chi connectivity index (χ2n) is 18.4. The molecule has 0 aliphatic heterocycles. The van der Waals surface area contributed by atoms with Crippen LogP contribution < -0.4 is 4.90 Å².